The molecule has 0 saturated heterocycles. The molecule has 1 atom stereocenters. The molecule has 0 aliphatic heterocycles. The molecule has 0 spiro atoms. The molecule has 0 aromatic heterocycles. The van der Waals surface area contributed by atoms with Gasteiger partial charge in [-0.1, -0.05) is 46.5 Å². The number of amides is 2. The van der Waals surface area contributed by atoms with Crippen LogP contribution in [0, 0.1) is 5.41 Å². The van der Waals surface area contributed by atoms with E-state index in [9.17, 15) is 9.59 Å². The zero-order valence-corrected chi connectivity index (χ0v) is 13.8. The Kier molecular flexibility index (Phi) is 6.49. The van der Waals surface area contributed by atoms with Crippen molar-refractivity contribution < 1.29 is 14.7 Å². The average Bonchev–Trinajstić information content (AvgIpc) is 2.64. The molecule has 0 aromatic carbocycles. The normalized spacial score (nSPS) is 18.7. The third-order valence-corrected chi connectivity index (χ3v) is 4.41. The Labute approximate surface area is 128 Å². The number of aliphatic carboxylic acids is 1. The number of nitrogens with one attached hydrogen (secondary N) is 1. The highest BCUT2D eigenvalue weighted by Crippen LogP contribution is 2.24. The SMILES string of the molecule is CN(C(=O)NC(CC(=O)O)C(C)(C)C)C1CCCCCC1. The summed E-state index contributed by atoms with van der Waals surface area (Å²) >= 11 is 0. The maximum atomic E-state index is 12.4. The van der Waals surface area contributed by atoms with Crippen LogP contribution >= 0.6 is 0 Å². The van der Waals surface area contributed by atoms with Gasteiger partial charge in [-0.3, -0.25) is 4.79 Å². The van der Waals surface area contributed by atoms with Gasteiger partial charge in [0.2, 0.25) is 0 Å². The van der Waals surface area contributed by atoms with E-state index in [2.05, 4.69) is 5.32 Å². The topological polar surface area (TPSA) is 69.6 Å². The number of carboxylic acids is 1. The van der Waals surface area contributed by atoms with Crippen molar-refractivity contribution in [1.82, 2.24) is 10.2 Å². The molecular weight excluding hydrogens is 268 g/mol. The van der Waals surface area contributed by atoms with Gasteiger partial charge in [0.05, 0.1) is 6.42 Å². The molecule has 1 fully saturated rings. The summed E-state index contributed by atoms with van der Waals surface area (Å²) in [6.07, 6.45) is 6.87. The number of hydrogen-bond donors (Lipinski definition) is 2. The van der Waals surface area contributed by atoms with Gasteiger partial charge in [0, 0.05) is 19.1 Å². The third-order valence-electron chi connectivity index (χ3n) is 4.41. The van der Waals surface area contributed by atoms with Gasteiger partial charge in [-0.25, -0.2) is 4.79 Å². The van der Waals surface area contributed by atoms with Crippen LogP contribution in [0.3, 0.4) is 0 Å². The summed E-state index contributed by atoms with van der Waals surface area (Å²) in [7, 11) is 1.83. The van der Waals surface area contributed by atoms with Crippen LogP contribution in [0.2, 0.25) is 0 Å². The van der Waals surface area contributed by atoms with Crippen LogP contribution in [0.4, 0.5) is 4.79 Å². The molecule has 0 radical (unpaired) electrons. The Morgan fingerprint density at radius 3 is 2.14 bits per heavy atom. The summed E-state index contributed by atoms with van der Waals surface area (Å²) in [5.41, 5.74) is -0.279. The fourth-order valence-electron chi connectivity index (χ4n) is 2.81. The summed E-state index contributed by atoms with van der Waals surface area (Å²) in [6, 6.07) is -0.239. The number of nitrogens with zero attached hydrogens (tertiary/aromatic N) is 1. The highest BCUT2D eigenvalue weighted by atomic mass is 16.4. The Bertz CT molecular complexity index is 355. The van der Waals surface area contributed by atoms with E-state index in [1.165, 1.54) is 25.7 Å². The number of carbonyl (C=O) groups excluding carboxylic acids is 1. The molecule has 2 N–H and O–H groups in total. The lowest BCUT2D eigenvalue weighted by Crippen LogP contribution is -2.51. The number of urea groups is 1. The van der Waals surface area contributed by atoms with Crippen molar-refractivity contribution in [2.75, 3.05) is 7.05 Å². The first-order valence-electron chi connectivity index (χ1n) is 7.97. The minimum atomic E-state index is -0.882. The molecule has 5 heteroatoms. The Balaban J connectivity index is 2.64. The van der Waals surface area contributed by atoms with Gasteiger partial charge in [-0.15, -0.1) is 0 Å². The maximum absolute atomic E-state index is 12.4. The molecule has 1 aliphatic carbocycles. The van der Waals surface area contributed by atoms with Gasteiger partial charge >= 0.3 is 12.0 Å². The first kappa shape index (κ1) is 17.8. The van der Waals surface area contributed by atoms with Gasteiger partial charge < -0.3 is 15.3 Å². The van der Waals surface area contributed by atoms with Crippen molar-refractivity contribution in [3.05, 3.63) is 0 Å². The average molecular weight is 298 g/mol. The van der Waals surface area contributed by atoms with Crippen molar-refractivity contribution in [2.45, 2.75) is 77.8 Å². The van der Waals surface area contributed by atoms with Crippen molar-refractivity contribution >= 4 is 12.0 Å². The Morgan fingerprint density at radius 1 is 1.19 bits per heavy atom. The molecular formula is C16H30N2O3. The quantitative estimate of drug-likeness (QED) is 0.783. The number of carboxylic acid groups (broad SMARTS) is 1. The van der Waals surface area contributed by atoms with Crippen LogP contribution in [-0.4, -0.2) is 41.1 Å². The Morgan fingerprint density at radius 2 is 1.71 bits per heavy atom. The number of carbonyl (C=O) groups is 2. The van der Waals surface area contributed by atoms with Gasteiger partial charge in [0.15, 0.2) is 0 Å². The van der Waals surface area contributed by atoms with Crippen LogP contribution in [0.1, 0.15) is 65.7 Å². The van der Waals surface area contributed by atoms with Crippen LogP contribution in [0.15, 0.2) is 0 Å². The molecule has 1 saturated carbocycles. The largest absolute Gasteiger partial charge is 0.481 e. The van der Waals surface area contributed by atoms with Gasteiger partial charge in [-0.05, 0) is 18.3 Å². The fraction of sp³-hybridized carbons (Fsp3) is 0.875. The molecule has 0 heterocycles. The standard InChI is InChI=1S/C16H30N2O3/c1-16(2,3)13(11-14(19)20)17-15(21)18(4)12-9-7-5-6-8-10-12/h12-13H,5-11H2,1-4H3,(H,17,21)(H,19,20). The predicted octanol–water partition coefficient (Wildman–Crippen LogP) is 3.24. The van der Waals surface area contributed by atoms with E-state index >= 15 is 0 Å². The second-order valence-electron chi connectivity index (χ2n) is 7.22. The number of hydrogen-bond acceptors (Lipinski definition) is 2. The lowest BCUT2D eigenvalue weighted by Gasteiger charge is -2.34. The van der Waals surface area contributed by atoms with E-state index in [-0.39, 0.29) is 30.0 Å². The fourth-order valence-corrected chi connectivity index (χ4v) is 2.81. The smallest absolute Gasteiger partial charge is 0.317 e. The third kappa shape index (κ3) is 5.94. The van der Waals surface area contributed by atoms with Crippen LogP contribution < -0.4 is 5.32 Å². The Hall–Kier alpha value is -1.26. The summed E-state index contributed by atoms with van der Waals surface area (Å²) in [5, 5.41) is 11.9. The van der Waals surface area contributed by atoms with E-state index in [1.54, 1.807) is 4.90 Å². The first-order chi connectivity index (χ1) is 9.71. The lowest BCUT2D eigenvalue weighted by molar-refractivity contribution is -0.138. The molecule has 2 amide bonds. The van der Waals surface area contributed by atoms with E-state index in [0.717, 1.165) is 12.8 Å². The molecule has 21 heavy (non-hydrogen) atoms. The zero-order chi connectivity index (χ0) is 16.0. The monoisotopic (exact) mass is 298 g/mol. The summed E-state index contributed by atoms with van der Waals surface area (Å²) < 4.78 is 0. The van der Waals surface area contributed by atoms with Crippen molar-refractivity contribution in [3.63, 3.8) is 0 Å². The van der Waals surface area contributed by atoms with Crippen molar-refractivity contribution in [2.24, 2.45) is 5.41 Å². The van der Waals surface area contributed by atoms with Crippen LogP contribution in [0.25, 0.3) is 0 Å². The molecule has 1 unspecified atom stereocenters. The molecule has 1 aliphatic rings. The molecule has 1 rings (SSSR count). The van der Waals surface area contributed by atoms with E-state index in [4.69, 9.17) is 5.11 Å². The molecule has 0 aromatic rings. The number of rotatable bonds is 4. The summed E-state index contributed by atoms with van der Waals surface area (Å²) in [5.74, 6) is -0.882. The first-order valence-corrected chi connectivity index (χ1v) is 7.97. The van der Waals surface area contributed by atoms with Crippen LogP contribution in [-0.2, 0) is 4.79 Å². The minimum absolute atomic E-state index is 0.0479. The highest BCUT2D eigenvalue weighted by Gasteiger charge is 2.30. The maximum Gasteiger partial charge on any atom is 0.317 e. The predicted molar refractivity (Wildman–Crippen MR) is 83.3 cm³/mol. The van der Waals surface area contributed by atoms with E-state index < -0.39 is 5.97 Å². The molecule has 0 bridgehead atoms. The molecule has 5 nitrogen and oxygen atoms in total. The second-order valence-corrected chi connectivity index (χ2v) is 7.22. The van der Waals surface area contributed by atoms with E-state index in [1.807, 2.05) is 27.8 Å². The van der Waals surface area contributed by atoms with E-state index in [0.29, 0.717) is 0 Å². The highest BCUT2D eigenvalue weighted by molar-refractivity contribution is 5.76. The molecule has 122 valence electrons. The van der Waals surface area contributed by atoms with Gasteiger partial charge in [-0.2, -0.15) is 0 Å². The van der Waals surface area contributed by atoms with Crippen molar-refractivity contribution in [1.29, 1.82) is 0 Å². The zero-order valence-electron chi connectivity index (χ0n) is 13.8. The van der Waals surface area contributed by atoms with Crippen molar-refractivity contribution in [3.8, 4) is 0 Å². The van der Waals surface area contributed by atoms with Crippen LogP contribution in [0.5, 0.6) is 0 Å². The summed E-state index contributed by atoms with van der Waals surface area (Å²) in [4.78, 5) is 25.2. The van der Waals surface area contributed by atoms with Gasteiger partial charge in [0.1, 0.15) is 0 Å². The second kappa shape index (κ2) is 7.66. The lowest BCUT2D eigenvalue weighted by atomic mass is 9.85. The minimum Gasteiger partial charge on any atom is -0.481 e. The van der Waals surface area contributed by atoms with Gasteiger partial charge in [0.25, 0.3) is 0 Å². The summed E-state index contributed by atoms with van der Waals surface area (Å²) in [6.45, 7) is 5.85.